The first-order valence-electron chi connectivity index (χ1n) is 7.43. The molecule has 1 N–H and O–H groups in total. The Morgan fingerprint density at radius 2 is 2.00 bits per heavy atom. The van der Waals surface area contributed by atoms with Crippen LogP contribution in [-0.4, -0.2) is 20.3 Å². The molecule has 0 aliphatic heterocycles. The van der Waals surface area contributed by atoms with E-state index < -0.39 is 0 Å². The normalized spacial score (nSPS) is 11.1. The molecule has 4 aromatic rings. The summed E-state index contributed by atoms with van der Waals surface area (Å²) in [7, 11) is 0. The number of amides is 1. The highest BCUT2D eigenvalue weighted by atomic mass is 35.5. The number of carbonyl (C=O) groups excluding carboxylic acids is 1. The summed E-state index contributed by atoms with van der Waals surface area (Å²) in [4.78, 5) is 21.6. The van der Waals surface area contributed by atoms with Crippen molar-refractivity contribution in [2.45, 2.75) is 6.92 Å². The zero-order chi connectivity index (χ0) is 16.7. The number of pyridine rings is 2. The summed E-state index contributed by atoms with van der Waals surface area (Å²) >= 11 is 6.05. The number of para-hydroxylation sites is 1. The lowest BCUT2D eigenvalue weighted by Gasteiger charge is -2.08. The fourth-order valence-corrected chi connectivity index (χ4v) is 2.96. The molecule has 0 fully saturated rings. The highest BCUT2D eigenvalue weighted by Crippen LogP contribution is 2.22. The maximum absolute atomic E-state index is 12.8. The van der Waals surface area contributed by atoms with E-state index in [9.17, 15) is 4.79 Å². The van der Waals surface area contributed by atoms with Gasteiger partial charge in [-0.15, -0.1) is 0 Å². The Hall–Kier alpha value is -2.92. The summed E-state index contributed by atoms with van der Waals surface area (Å²) in [6.45, 7) is 1.80. The smallest absolute Gasteiger partial charge is 0.274 e. The predicted molar refractivity (Wildman–Crippen MR) is 94.6 cm³/mol. The van der Waals surface area contributed by atoms with E-state index >= 15 is 0 Å². The number of fused-ring (bicyclic) bond motifs is 2. The lowest BCUT2D eigenvalue weighted by Crippen LogP contribution is -2.16. The molecule has 118 valence electrons. The number of carbonyl (C=O) groups is 1. The van der Waals surface area contributed by atoms with Gasteiger partial charge in [-0.25, -0.2) is 4.98 Å². The van der Waals surface area contributed by atoms with Gasteiger partial charge in [0.25, 0.3) is 5.91 Å². The quantitative estimate of drug-likeness (QED) is 0.599. The molecular formula is C18H13ClN4O. The number of hydrogen-bond acceptors (Lipinski definition) is 3. The van der Waals surface area contributed by atoms with Crippen molar-refractivity contribution in [1.29, 1.82) is 0 Å². The number of hydrogen-bond donors (Lipinski definition) is 1. The van der Waals surface area contributed by atoms with Gasteiger partial charge in [-0.05, 0) is 31.2 Å². The molecule has 1 aromatic carbocycles. The molecule has 0 unspecified atom stereocenters. The van der Waals surface area contributed by atoms with Crippen molar-refractivity contribution in [2.24, 2.45) is 0 Å². The molecule has 0 aliphatic carbocycles. The Morgan fingerprint density at radius 1 is 1.17 bits per heavy atom. The molecule has 1 amide bonds. The Morgan fingerprint density at radius 3 is 2.88 bits per heavy atom. The fourth-order valence-electron chi connectivity index (χ4n) is 2.80. The van der Waals surface area contributed by atoms with Crippen LogP contribution in [-0.2, 0) is 0 Å². The van der Waals surface area contributed by atoms with E-state index in [2.05, 4.69) is 15.3 Å². The molecule has 0 bridgehead atoms. The molecule has 4 rings (SSSR count). The minimum Gasteiger partial charge on any atom is -0.319 e. The lowest BCUT2D eigenvalue weighted by atomic mass is 10.2. The first-order chi connectivity index (χ1) is 11.6. The number of benzene rings is 1. The van der Waals surface area contributed by atoms with Crippen molar-refractivity contribution < 1.29 is 4.79 Å². The molecule has 6 heteroatoms. The third-order valence-electron chi connectivity index (χ3n) is 3.85. The SMILES string of the molecule is Cc1nc2ccc(Cl)cn2c1C(=O)Nc1cccc2cccnc12. The maximum atomic E-state index is 12.8. The highest BCUT2D eigenvalue weighted by molar-refractivity contribution is 6.30. The predicted octanol–water partition coefficient (Wildman–Crippen LogP) is 4.10. The van der Waals surface area contributed by atoms with Crippen molar-refractivity contribution in [3.05, 3.63) is 71.3 Å². The fraction of sp³-hybridized carbons (Fsp3) is 0.0556. The van der Waals surface area contributed by atoms with E-state index in [0.29, 0.717) is 27.7 Å². The first-order valence-corrected chi connectivity index (χ1v) is 7.80. The third-order valence-corrected chi connectivity index (χ3v) is 4.08. The number of nitrogens with one attached hydrogen (secondary N) is 1. The van der Waals surface area contributed by atoms with Crippen LogP contribution < -0.4 is 5.32 Å². The van der Waals surface area contributed by atoms with Crippen molar-refractivity contribution in [3.63, 3.8) is 0 Å². The summed E-state index contributed by atoms with van der Waals surface area (Å²) in [6, 6.07) is 13.0. The molecule has 0 aliphatic rings. The number of anilines is 1. The second-order valence-corrected chi connectivity index (χ2v) is 5.89. The Kier molecular flexibility index (Phi) is 3.43. The highest BCUT2D eigenvalue weighted by Gasteiger charge is 2.18. The van der Waals surface area contributed by atoms with Gasteiger partial charge in [-0.3, -0.25) is 14.2 Å². The standard InChI is InChI=1S/C18H13ClN4O/c1-11-17(23-10-13(19)7-8-15(23)21-11)18(24)22-14-6-2-4-12-5-3-9-20-16(12)14/h2-10H,1H3,(H,22,24). The number of nitrogens with zero attached hydrogens (tertiary/aromatic N) is 3. The molecule has 0 saturated heterocycles. The van der Waals surface area contributed by atoms with Crippen LogP contribution in [0.25, 0.3) is 16.6 Å². The van der Waals surface area contributed by atoms with Crippen LogP contribution >= 0.6 is 11.6 Å². The Balaban J connectivity index is 1.79. The molecule has 0 spiro atoms. The van der Waals surface area contributed by atoms with E-state index in [-0.39, 0.29) is 5.91 Å². The largest absolute Gasteiger partial charge is 0.319 e. The van der Waals surface area contributed by atoms with Crippen LogP contribution in [0.4, 0.5) is 5.69 Å². The number of aromatic nitrogens is 3. The molecule has 3 aromatic heterocycles. The van der Waals surface area contributed by atoms with Crippen LogP contribution in [0.3, 0.4) is 0 Å². The Bertz CT molecular complexity index is 1080. The average molecular weight is 337 g/mol. The van der Waals surface area contributed by atoms with Crippen molar-refractivity contribution >= 4 is 39.7 Å². The molecule has 0 saturated carbocycles. The van der Waals surface area contributed by atoms with E-state index in [4.69, 9.17) is 11.6 Å². The van der Waals surface area contributed by atoms with Crippen LogP contribution in [0.15, 0.2) is 54.9 Å². The van der Waals surface area contributed by atoms with E-state index in [1.165, 1.54) is 0 Å². The number of imidazole rings is 1. The zero-order valence-electron chi connectivity index (χ0n) is 12.8. The molecule has 0 atom stereocenters. The van der Waals surface area contributed by atoms with Crippen LogP contribution in [0, 0.1) is 6.92 Å². The molecular weight excluding hydrogens is 324 g/mol. The maximum Gasteiger partial charge on any atom is 0.274 e. The summed E-state index contributed by atoms with van der Waals surface area (Å²) in [6.07, 6.45) is 3.39. The van der Waals surface area contributed by atoms with Gasteiger partial charge in [0.15, 0.2) is 0 Å². The first kappa shape index (κ1) is 14.7. The van der Waals surface area contributed by atoms with Crippen molar-refractivity contribution in [2.75, 3.05) is 5.32 Å². The van der Waals surface area contributed by atoms with Crippen LogP contribution in [0.2, 0.25) is 5.02 Å². The molecule has 3 heterocycles. The average Bonchev–Trinajstić information content (AvgIpc) is 2.90. The summed E-state index contributed by atoms with van der Waals surface area (Å²) in [5, 5.41) is 4.44. The van der Waals surface area contributed by atoms with Crippen LogP contribution in [0.5, 0.6) is 0 Å². The van der Waals surface area contributed by atoms with Crippen molar-refractivity contribution in [1.82, 2.24) is 14.4 Å². The second kappa shape index (κ2) is 5.62. The third kappa shape index (κ3) is 2.39. The van der Waals surface area contributed by atoms with E-state index in [0.717, 1.165) is 10.9 Å². The number of rotatable bonds is 2. The van der Waals surface area contributed by atoms with Gasteiger partial charge in [0, 0.05) is 17.8 Å². The van der Waals surface area contributed by atoms with Gasteiger partial charge < -0.3 is 5.32 Å². The van der Waals surface area contributed by atoms with E-state index in [1.807, 2.05) is 30.3 Å². The minimum absolute atomic E-state index is 0.250. The van der Waals surface area contributed by atoms with Gasteiger partial charge >= 0.3 is 0 Å². The Labute approximate surface area is 142 Å². The zero-order valence-corrected chi connectivity index (χ0v) is 13.6. The van der Waals surface area contributed by atoms with Gasteiger partial charge in [-0.2, -0.15) is 0 Å². The van der Waals surface area contributed by atoms with E-state index in [1.54, 1.807) is 35.9 Å². The number of halogens is 1. The minimum atomic E-state index is -0.250. The van der Waals surface area contributed by atoms with Crippen LogP contribution in [0.1, 0.15) is 16.2 Å². The lowest BCUT2D eigenvalue weighted by molar-refractivity contribution is 0.102. The molecule has 24 heavy (non-hydrogen) atoms. The number of aryl methyl sites for hydroxylation is 1. The molecule has 0 radical (unpaired) electrons. The summed E-state index contributed by atoms with van der Waals surface area (Å²) in [5.41, 5.74) is 3.19. The monoisotopic (exact) mass is 336 g/mol. The van der Waals surface area contributed by atoms with Gasteiger partial charge in [-0.1, -0.05) is 29.8 Å². The van der Waals surface area contributed by atoms with Gasteiger partial charge in [0.05, 0.1) is 21.9 Å². The van der Waals surface area contributed by atoms with Gasteiger partial charge in [0.1, 0.15) is 11.3 Å². The summed E-state index contributed by atoms with van der Waals surface area (Å²) in [5.74, 6) is -0.250. The topological polar surface area (TPSA) is 59.3 Å². The van der Waals surface area contributed by atoms with Crippen molar-refractivity contribution in [3.8, 4) is 0 Å². The molecule has 5 nitrogen and oxygen atoms in total. The summed E-state index contributed by atoms with van der Waals surface area (Å²) < 4.78 is 1.70. The van der Waals surface area contributed by atoms with Gasteiger partial charge in [0.2, 0.25) is 0 Å². The second-order valence-electron chi connectivity index (χ2n) is 5.46.